The Morgan fingerprint density at radius 1 is 1.03 bits per heavy atom. The van der Waals surface area contributed by atoms with Crippen LogP contribution in [0, 0.1) is 13.8 Å². The average Bonchev–Trinajstić information content (AvgIpc) is 2.86. The Bertz CT molecular complexity index is 1470. The Morgan fingerprint density at radius 3 is 2.53 bits per heavy atom. The number of ether oxygens (including phenoxy) is 2. The molecule has 0 N–H and O–H groups in total. The zero-order chi connectivity index (χ0) is 26.0. The predicted molar refractivity (Wildman–Crippen MR) is 144 cm³/mol. The molecule has 2 aromatic heterocycles. The Balaban J connectivity index is 1.71. The summed E-state index contributed by atoms with van der Waals surface area (Å²) in [6.07, 6.45) is 1.77. The molecule has 0 fully saturated rings. The molecule has 36 heavy (non-hydrogen) atoms. The van der Waals surface area contributed by atoms with Gasteiger partial charge in [0.05, 0.1) is 18.5 Å². The molecule has 0 aliphatic heterocycles. The van der Waals surface area contributed by atoms with Gasteiger partial charge in [-0.05, 0) is 65.2 Å². The summed E-state index contributed by atoms with van der Waals surface area (Å²) in [6.45, 7) is 10.3. The molecule has 0 spiro atoms. The van der Waals surface area contributed by atoms with E-state index in [1.54, 1.807) is 24.8 Å². The van der Waals surface area contributed by atoms with Crippen LogP contribution in [0.15, 0.2) is 64.0 Å². The molecule has 4 rings (SSSR count). The molecule has 2 aromatic carbocycles. The van der Waals surface area contributed by atoms with Crippen LogP contribution in [-0.4, -0.2) is 26.6 Å². The standard InChI is InChI=1S/C28H29BrN4O3/c1-17-10-11-20(22-12-13-30-27(32-22)28(3,4)5)15-23(17)33-18(2)31-25(24(29)26(33)34)36-16-19-8-7-9-21(14-19)35-6/h7-15H,16H2,1-6H3. The van der Waals surface area contributed by atoms with Crippen molar-refractivity contribution in [1.29, 1.82) is 0 Å². The number of nitrogens with zero attached hydrogens (tertiary/aromatic N) is 4. The van der Waals surface area contributed by atoms with Crippen molar-refractivity contribution in [2.75, 3.05) is 7.11 Å². The highest BCUT2D eigenvalue weighted by atomic mass is 79.9. The minimum absolute atomic E-state index is 0.174. The van der Waals surface area contributed by atoms with Crippen LogP contribution >= 0.6 is 15.9 Å². The number of hydrogen-bond donors (Lipinski definition) is 0. The summed E-state index contributed by atoms with van der Waals surface area (Å²) in [5.74, 6) is 2.26. The molecule has 0 atom stereocenters. The molecule has 0 bridgehead atoms. The zero-order valence-electron chi connectivity index (χ0n) is 21.3. The summed E-state index contributed by atoms with van der Waals surface area (Å²) in [7, 11) is 1.62. The lowest BCUT2D eigenvalue weighted by molar-refractivity contribution is 0.288. The fourth-order valence-corrected chi connectivity index (χ4v) is 4.15. The predicted octanol–water partition coefficient (Wildman–Crippen LogP) is 5.95. The van der Waals surface area contributed by atoms with Crippen molar-refractivity contribution in [3.05, 3.63) is 92.3 Å². The van der Waals surface area contributed by atoms with Crippen LogP contribution in [0.25, 0.3) is 16.9 Å². The van der Waals surface area contributed by atoms with E-state index in [2.05, 4.69) is 46.7 Å². The van der Waals surface area contributed by atoms with Crippen molar-refractivity contribution in [3.8, 4) is 28.6 Å². The summed E-state index contributed by atoms with van der Waals surface area (Å²) < 4.78 is 13.0. The average molecular weight is 549 g/mol. The van der Waals surface area contributed by atoms with E-state index < -0.39 is 0 Å². The van der Waals surface area contributed by atoms with Crippen molar-refractivity contribution in [3.63, 3.8) is 0 Å². The van der Waals surface area contributed by atoms with Crippen LogP contribution in [-0.2, 0) is 12.0 Å². The monoisotopic (exact) mass is 548 g/mol. The van der Waals surface area contributed by atoms with Crippen LogP contribution in [0.1, 0.15) is 43.5 Å². The maximum atomic E-state index is 13.5. The van der Waals surface area contributed by atoms with Crippen LogP contribution < -0.4 is 15.0 Å². The molecular formula is C28H29BrN4O3. The second-order valence-electron chi connectivity index (χ2n) is 9.58. The highest BCUT2D eigenvalue weighted by Gasteiger charge is 2.20. The van der Waals surface area contributed by atoms with Gasteiger partial charge in [-0.25, -0.2) is 9.97 Å². The number of aromatic nitrogens is 4. The van der Waals surface area contributed by atoms with E-state index in [-0.39, 0.29) is 27.9 Å². The number of benzene rings is 2. The van der Waals surface area contributed by atoms with Gasteiger partial charge in [-0.3, -0.25) is 9.36 Å². The molecular weight excluding hydrogens is 520 g/mol. The Labute approximate surface area is 219 Å². The Hall–Kier alpha value is -3.52. The van der Waals surface area contributed by atoms with Gasteiger partial charge in [0.25, 0.3) is 5.56 Å². The summed E-state index contributed by atoms with van der Waals surface area (Å²) >= 11 is 3.42. The van der Waals surface area contributed by atoms with E-state index in [1.165, 1.54) is 0 Å². The second kappa shape index (κ2) is 10.2. The third-order valence-corrected chi connectivity index (χ3v) is 6.43. The molecule has 8 heteroatoms. The molecule has 2 heterocycles. The Kier molecular flexibility index (Phi) is 7.26. The van der Waals surface area contributed by atoms with Crippen molar-refractivity contribution >= 4 is 15.9 Å². The van der Waals surface area contributed by atoms with Crippen molar-refractivity contribution < 1.29 is 9.47 Å². The normalized spacial score (nSPS) is 11.4. The minimum Gasteiger partial charge on any atom is -0.497 e. The lowest BCUT2D eigenvalue weighted by Gasteiger charge is -2.18. The van der Waals surface area contributed by atoms with Crippen LogP contribution in [0.5, 0.6) is 11.6 Å². The van der Waals surface area contributed by atoms with Crippen LogP contribution in [0.2, 0.25) is 0 Å². The number of aryl methyl sites for hydroxylation is 2. The van der Waals surface area contributed by atoms with Gasteiger partial charge in [-0.2, -0.15) is 4.98 Å². The van der Waals surface area contributed by atoms with Gasteiger partial charge in [0.2, 0.25) is 5.88 Å². The summed E-state index contributed by atoms with van der Waals surface area (Å²) in [5, 5.41) is 0. The topological polar surface area (TPSA) is 79.1 Å². The molecule has 4 aromatic rings. The maximum Gasteiger partial charge on any atom is 0.276 e. The van der Waals surface area contributed by atoms with Gasteiger partial charge in [0.1, 0.15) is 28.5 Å². The number of hydrogen-bond acceptors (Lipinski definition) is 6. The molecule has 0 amide bonds. The summed E-state index contributed by atoms with van der Waals surface area (Å²) in [5.41, 5.74) is 3.85. The number of rotatable bonds is 6. The maximum absolute atomic E-state index is 13.5. The Morgan fingerprint density at radius 2 is 1.81 bits per heavy atom. The smallest absolute Gasteiger partial charge is 0.276 e. The third kappa shape index (κ3) is 5.33. The van der Waals surface area contributed by atoms with Gasteiger partial charge in [0, 0.05) is 17.2 Å². The van der Waals surface area contributed by atoms with Gasteiger partial charge < -0.3 is 9.47 Å². The fraction of sp³-hybridized carbons (Fsp3) is 0.286. The lowest BCUT2D eigenvalue weighted by Crippen LogP contribution is -2.24. The molecule has 0 saturated carbocycles. The first-order valence-electron chi connectivity index (χ1n) is 11.6. The molecule has 186 valence electrons. The van der Waals surface area contributed by atoms with E-state index in [4.69, 9.17) is 14.5 Å². The van der Waals surface area contributed by atoms with Gasteiger partial charge >= 0.3 is 0 Å². The van der Waals surface area contributed by atoms with Gasteiger partial charge in [-0.1, -0.05) is 45.0 Å². The van der Waals surface area contributed by atoms with Crippen LogP contribution in [0.3, 0.4) is 0 Å². The molecule has 0 saturated heterocycles. The van der Waals surface area contributed by atoms with Crippen molar-refractivity contribution in [2.24, 2.45) is 0 Å². The van der Waals surface area contributed by atoms with Crippen molar-refractivity contribution in [2.45, 2.75) is 46.6 Å². The summed E-state index contributed by atoms with van der Waals surface area (Å²) in [6, 6.07) is 15.4. The fourth-order valence-electron chi connectivity index (χ4n) is 3.77. The van der Waals surface area contributed by atoms with Gasteiger partial charge in [0.15, 0.2) is 0 Å². The zero-order valence-corrected chi connectivity index (χ0v) is 22.9. The minimum atomic E-state index is -0.249. The van der Waals surface area contributed by atoms with E-state index in [0.717, 1.165) is 39.6 Å². The van der Waals surface area contributed by atoms with Crippen molar-refractivity contribution in [1.82, 2.24) is 19.5 Å². The highest BCUT2D eigenvalue weighted by molar-refractivity contribution is 9.10. The first-order valence-corrected chi connectivity index (χ1v) is 12.4. The van der Waals surface area contributed by atoms with Crippen LogP contribution in [0.4, 0.5) is 0 Å². The first-order chi connectivity index (χ1) is 17.1. The molecule has 0 radical (unpaired) electrons. The van der Waals surface area contributed by atoms with E-state index in [1.807, 2.05) is 55.5 Å². The third-order valence-electron chi connectivity index (χ3n) is 5.75. The molecule has 7 nitrogen and oxygen atoms in total. The molecule has 0 aliphatic carbocycles. The SMILES string of the molecule is COc1cccc(COc2nc(C)n(-c3cc(-c4ccnc(C(C)(C)C)n4)ccc3C)c(=O)c2Br)c1. The first kappa shape index (κ1) is 25.6. The van der Waals surface area contributed by atoms with E-state index in [9.17, 15) is 4.79 Å². The highest BCUT2D eigenvalue weighted by Crippen LogP contribution is 2.27. The number of halogens is 1. The summed E-state index contributed by atoms with van der Waals surface area (Å²) in [4.78, 5) is 27.3. The second-order valence-corrected chi connectivity index (χ2v) is 10.4. The molecule has 0 aliphatic rings. The number of methoxy groups -OCH3 is 1. The van der Waals surface area contributed by atoms with E-state index in [0.29, 0.717) is 5.82 Å². The lowest BCUT2D eigenvalue weighted by atomic mass is 9.95. The van der Waals surface area contributed by atoms with E-state index >= 15 is 0 Å². The quantitative estimate of drug-likeness (QED) is 0.296. The largest absolute Gasteiger partial charge is 0.497 e. The van der Waals surface area contributed by atoms with Gasteiger partial charge in [-0.15, -0.1) is 0 Å². The molecule has 0 unspecified atom stereocenters.